The van der Waals surface area contributed by atoms with Crippen LogP contribution in [0.15, 0.2) is 24.3 Å². The van der Waals surface area contributed by atoms with Crippen molar-refractivity contribution in [2.75, 3.05) is 6.54 Å². The van der Waals surface area contributed by atoms with Crippen molar-refractivity contribution >= 4 is 0 Å². The third-order valence-corrected chi connectivity index (χ3v) is 2.57. The van der Waals surface area contributed by atoms with Gasteiger partial charge in [0.15, 0.2) is 0 Å². The summed E-state index contributed by atoms with van der Waals surface area (Å²) in [5.74, 6) is 0. The zero-order valence-electron chi connectivity index (χ0n) is 11.3. The Morgan fingerprint density at radius 1 is 1.16 bits per heavy atom. The van der Waals surface area contributed by atoms with Crippen molar-refractivity contribution in [3.63, 3.8) is 0 Å². The molecule has 1 nitrogen and oxygen atoms in total. The number of halogens is 4. The smallest absolute Gasteiger partial charge is 0.309 e. The molecule has 19 heavy (non-hydrogen) atoms. The lowest BCUT2D eigenvalue weighted by Crippen LogP contribution is -2.40. The fourth-order valence-electron chi connectivity index (χ4n) is 1.62. The topological polar surface area (TPSA) is 12.0 Å². The number of nitrogens with one attached hydrogen (secondary N) is 1. The molecule has 0 aromatic heterocycles. The van der Waals surface area contributed by atoms with E-state index >= 15 is 0 Å². The van der Waals surface area contributed by atoms with Crippen LogP contribution in [-0.2, 0) is 12.6 Å². The van der Waals surface area contributed by atoms with Crippen LogP contribution in [0.25, 0.3) is 0 Å². The van der Waals surface area contributed by atoms with E-state index in [0.717, 1.165) is 12.1 Å². The molecule has 0 aliphatic carbocycles. The van der Waals surface area contributed by atoms with Crippen molar-refractivity contribution in [1.82, 2.24) is 5.32 Å². The zero-order chi connectivity index (χ0) is 14.7. The summed E-state index contributed by atoms with van der Waals surface area (Å²) < 4.78 is 51.2. The standard InChI is InChI=1S/C14H19F4N/c1-13(2,3)19-9-12(15)8-10-5-4-6-11(7-10)14(16,17)18/h4-7,12,19H,8-9H2,1-3H3. The van der Waals surface area contributed by atoms with Crippen LogP contribution >= 0.6 is 0 Å². The number of benzene rings is 1. The fraction of sp³-hybridized carbons (Fsp3) is 0.571. The van der Waals surface area contributed by atoms with Gasteiger partial charge in [-0.25, -0.2) is 4.39 Å². The van der Waals surface area contributed by atoms with E-state index in [-0.39, 0.29) is 18.5 Å². The van der Waals surface area contributed by atoms with Crippen LogP contribution < -0.4 is 5.32 Å². The van der Waals surface area contributed by atoms with Gasteiger partial charge in [-0.15, -0.1) is 0 Å². The summed E-state index contributed by atoms with van der Waals surface area (Å²) in [4.78, 5) is 0. The minimum atomic E-state index is -4.38. The molecule has 1 atom stereocenters. The van der Waals surface area contributed by atoms with Crippen molar-refractivity contribution in [2.24, 2.45) is 0 Å². The largest absolute Gasteiger partial charge is 0.416 e. The second kappa shape index (κ2) is 5.90. The summed E-state index contributed by atoms with van der Waals surface area (Å²) in [6, 6.07) is 4.81. The maximum absolute atomic E-state index is 13.7. The summed E-state index contributed by atoms with van der Waals surface area (Å²) in [5, 5.41) is 2.99. The minimum absolute atomic E-state index is 0.0208. The Balaban J connectivity index is 2.62. The molecule has 0 fully saturated rings. The van der Waals surface area contributed by atoms with Crippen LogP contribution in [0.1, 0.15) is 31.9 Å². The Bertz CT molecular complexity index is 407. The zero-order valence-corrected chi connectivity index (χ0v) is 11.3. The molecule has 0 spiro atoms. The van der Waals surface area contributed by atoms with Crippen LogP contribution in [0.5, 0.6) is 0 Å². The molecule has 0 heterocycles. The highest BCUT2D eigenvalue weighted by atomic mass is 19.4. The molecule has 0 aliphatic rings. The molecule has 0 amide bonds. The molecular weight excluding hydrogens is 258 g/mol. The van der Waals surface area contributed by atoms with Crippen LogP contribution in [0.4, 0.5) is 17.6 Å². The third-order valence-electron chi connectivity index (χ3n) is 2.57. The Kier molecular flexibility index (Phi) is 4.96. The van der Waals surface area contributed by atoms with Crippen LogP contribution in [0.3, 0.4) is 0 Å². The van der Waals surface area contributed by atoms with Gasteiger partial charge >= 0.3 is 6.18 Å². The highest BCUT2D eigenvalue weighted by molar-refractivity contribution is 5.26. The average molecular weight is 277 g/mol. The number of alkyl halides is 4. The van der Waals surface area contributed by atoms with E-state index in [2.05, 4.69) is 5.32 Å². The van der Waals surface area contributed by atoms with Gasteiger partial charge in [-0.2, -0.15) is 13.2 Å². The predicted octanol–water partition coefficient (Wildman–Crippen LogP) is 3.97. The quantitative estimate of drug-likeness (QED) is 0.821. The molecule has 1 N–H and O–H groups in total. The summed E-state index contributed by atoms with van der Waals surface area (Å²) in [5.41, 5.74) is -0.586. The van der Waals surface area contributed by atoms with Crippen molar-refractivity contribution in [1.29, 1.82) is 0 Å². The van der Waals surface area contributed by atoms with Crippen LogP contribution in [0, 0.1) is 0 Å². The SMILES string of the molecule is CC(C)(C)NCC(F)Cc1cccc(C(F)(F)F)c1. The molecule has 0 bridgehead atoms. The first-order valence-electron chi connectivity index (χ1n) is 6.13. The van der Waals surface area contributed by atoms with Crippen LogP contribution in [-0.4, -0.2) is 18.3 Å². The summed E-state index contributed by atoms with van der Waals surface area (Å²) in [6.07, 6.45) is -5.61. The first kappa shape index (κ1) is 16.0. The highest BCUT2D eigenvalue weighted by Crippen LogP contribution is 2.29. The Morgan fingerprint density at radius 3 is 2.32 bits per heavy atom. The lowest BCUT2D eigenvalue weighted by Gasteiger charge is -2.22. The summed E-state index contributed by atoms with van der Waals surface area (Å²) >= 11 is 0. The van der Waals surface area contributed by atoms with Gasteiger partial charge in [0.2, 0.25) is 0 Å². The lowest BCUT2D eigenvalue weighted by molar-refractivity contribution is -0.137. The first-order valence-corrected chi connectivity index (χ1v) is 6.13. The summed E-state index contributed by atoms with van der Waals surface area (Å²) in [7, 11) is 0. The van der Waals surface area contributed by atoms with E-state index in [9.17, 15) is 17.6 Å². The van der Waals surface area contributed by atoms with E-state index in [1.165, 1.54) is 12.1 Å². The Morgan fingerprint density at radius 2 is 1.79 bits per heavy atom. The predicted molar refractivity (Wildman–Crippen MR) is 67.8 cm³/mol. The minimum Gasteiger partial charge on any atom is -0.309 e. The fourth-order valence-corrected chi connectivity index (χ4v) is 1.62. The van der Waals surface area contributed by atoms with Gasteiger partial charge < -0.3 is 5.32 Å². The molecule has 108 valence electrons. The van der Waals surface area contributed by atoms with E-state index < -0.39 is 17.9 Å². The monoisotopic (exact) mass is 277 g/mol. The van der Waals surface area contributed by atoms with E-state index in [1.54, 1.807) is 0 Å². The first-order chi connectivity index (χ1) is 8.58. The molecule has 0 radical (unpaired) electrons. The van der Waals surface area contributed by atoms with Gasteiger partial charge in [0.05, 0.1) is 5.56 Å². The van der Waals surface area contributed by atoms with Crippen molar-refractivity contribution in [3.8, 4) is 0 Å². The molecule has 5 heteroatoms. The molecule has 1 rings (SSSR count). The Hall–Kier alpha value is -1.10. The molecule has 0 saturated heterocycles. The normalized spacial score (nSPS) is 14.5. The second-order valence-corrected chi connectivity index (χ2v) is 5.63. The second-order valence-electron chi connectivity index (χ2n) is 5.63. The third kappa shape index (κ3) is 6.05. The molecular formula is C14H19F4N. The van der Waals surface area contributed by atoms with Gasteiger partial charge in [0.25, 0.3) is 0 Å². The molecule has 0 saturated carbocycles. The van der Waals surface area contributed by atoms with E-state index in [0.29, 0.717) is 5.56 Å². The van der Waals surface area contributed by atoms with Gasteiger partial charge in [-0.3, -0.25) is 0 Å². The molecule has 0 aliphatic heterocycles. The van der Waals surface area contributed by atoms with Gasteiger partial charge in [-0.1, -0.05) is 18.2 Å². The number of hydrogen-bond donors (Lipinski definition) is 1. The summed E-state index contributed by atoms with van der Waals surface area (Å²) in [6.45, 7) is 5.84. The molecule has 1 aromatic carbocycles. The number of hydrogen-bond acceptors (Lipinski definition) is 1. The van der Waals surface area contributed by atoms with E-state index in [1.807, 2.05) is 20.8 Å². The van der Waals surface area contributed by atoms with Gasteiger partial charge in [-0.05, 0) is 32.4 Å². The Labute approximate surface area is 111 Å². The van der Waals surface area contributed by atoms with Crippen molar-refractivity contribution in [3.05, 3.63) is 35.4 Å². The van der Waals surface area contributed by atoms with Gasteiger partial charge in [0, 0.05) is 18.5 Å². The highest BCUT2D eigenvalue weighted by Gasteiger charge is 2.30. The number of rotatable bonds is 4. The van der Waals surface area contributed by atoms with Crippen LogP contribution in [0.2, 0.25) is 0 Å². The maximum atomic E-state index is 13.7. The lowest BCUT2D eigenvalue weighted by atomic mass is 10.0. The molecule has 1 aromatic rings. The van der Waals surface area contributed by atoms with Gasteiger partial charge in [0.1, 0.15) is 6.17 Å². The van der Waals surface area contributed by atoms with E-state index in [4.69, 9.17) is 0 Å². The molecule has 1 unspecified atom stereocenters. The average Bonchev–Trinajstić information content (AvgIpc) is 2.25. The maximum Gasteiger partial charge on any atom is 0.416 e. The van der Waals surface area contributed by atoms with Crippen molar-refractivity contribution < 1.29 is 17.6 Å². The van der Waals surface area contributed by atoms with Crippen molar-refractivity contribution in [2.45, 2.75) is 45.1 Å².